The van der Waals surface area contributed by atoms with Crippen LogP contribution in [0.5, 0.6) is 0 Å². The van der Waals surface area contributed by atoms with Crippen molar-refractivity contribution in [3.05, 3.63) is 70.5 Å². The Bertz CT molecular complexity index is 530. The van der Waals surface area contributed by atoms with E-state index < -0.39 is 0 Å². The van der Waals surface area contributed by atoms with Crippen LogP contribution < -0.4 is 5.73 Å². The van der Waals surface area contributed by atoms with E-state index >= 15 is 0 Å². The van der Waals surface area contributed by atoms with Crippen molar-refractivity contribution in [2.75, 3.05) is 0 Å². The molecule has 2 N–H and O–H groups in total. The van der Waals surface area contributed by atoms with E-state index in [0.29, 0.717) is 0 Å². The minimum atomic E-state index is 0.00357. The standard InChI is InChI=1S/C15H15BrN2/c1-11(17)9-15(13-3-2-8-18-10-13)12-4-6-14(16)7-5-12/h2-11H,17H2,1H3/b15-9-. The molecule has 0 bridgehead atoms. The van der Waals surface area contributed by atoms with Gasteiger partial charge in [-0.1, -0.05) is 40.2 Å². The highest BCUT2D eigenvalue weighted by Crippen LogP contribution is 2.24. The third kappa shape index (κ3) is 3.28. The molecule has 0 saturated carbocycles. The highest BCUT2D eigenvalue weighted by atomic mass is 79.9. The number of halogens is 1. The van der Waals surface area contributed by atoms with Crippen molar-refractivity contribution in [1.82, 2.24) is 4.98 Å². The molecule has 0 aliphatic rings. The second-order valence-electron chi connectivity index (χ2n) is 4.19. The third-order valence-electron chi connectivity index (χ3n) is 2.56. The number of hydrogen-bond acceptors (Lipinski definition) is 2. The Labute approximate surface area is 116 Å². The lowest BCUT2D eigenvalue weighted by Crippen LogP contribution is -2.11. The molecule has 1 atom stereocenters. The zero-order valence-electron chi connectivity index (χ0n) is 10.2. The lowest BCUT2D eigenvalue weighted by molar-refractivity contribution is 0.927. The van der Waals surface area contributed by atoms with Crippen LogP contribution in [-0.2, 0) is 0 Å². The largest absolute Gasteiger partial charge is 0.325 e. The molecule has 0 saturated heterocycles. The predicted molar refractivity (Wildman–Crippen MR) is 79.1 cm³/mol. The summed E-state index contributed by atoms with van der Waals surface area (Å²) < 4.78 is 1.07. The Morgan fingerprint density at radius 1 is 1.22 bits per heavy atom. The molecule has 1 aromatic carbocycles. The highest BCUT2D eigenvalue weighted by Gasteiger charge is 2.06. The molecule has 3 heteroatoms. The van der Waals surface area contributed by atoms with Gasteiger partial charge < -0.3 is 5.73 Å². The van der Waals surface area contributed by atoms with Crippen molar-refractivity contribution in [2.45, 2.75) is 13.0 Å². The van der Waals surface area contributed by atoms with Gasteiger partial charge in [0.15, 0.2) is 0 Å². The van der Waals surface area contributed by atoms with Crippen molar-refractivity contribution in [3.63, 3.8) is 0 Å². The molecule has 1 aromatic heterocycles. The first-order valence-electron chi connectivity index (χ1n) is 5.80. The highest BCUT2D eigenvalue weighted by molar-refractivity contribution is 9.10. The van der Waals surface area contributed by atoms with Crippen LogP contribution in [0.25, 0.3) is 5.57 Å². The topological polar surface area (TPSA) is 38.9 Å². The molecule has 0 aliphatic carbocycles. The second kappa shape index (κ2) is 5.94. The fourth-order valence-corrected chi connectivity index (χ4v) is 2.04. The summed E-state index contributed by atoms with van der Waals surface area (Å²) in [6.07, 6.45) is 5.69. The van der Waals surface area contributed by atoms with Gasteiger partial charge in [-0.15, -0.1) is 0 Å². The van der Waals surface area contributed by atoms with Crippen molar-refractivity contribution >= 4 is 21.5 Å². The Balaban J connectivity index is 2.47. The van der Waals surface area contributed by atoms with Crippen LogP contribution in [0.15, 0.2) is 59.3 Å². The van der Waals surface area contributed by atoms with Crippen LogP contribution >= 0.6 is 15.9 Å². The van der Waals surface area contributed by atoms with Crippen molar-refractivity contribution in [3.8, 4) is 0 Å². The quantitative estimate of drug-likeness (QED) is 0.940. The summed E-state index contributed by atoms with van der Waals surface area (Å²) in [7, 11) is 0. The van der Waals surface area contributed by atoms with Gasteiger partial charge in [0.1, 0.15) is 0 Å². The minimum absolute atomic E-state index is 0.00357. The minimum Gasteiger partial charge on any atom is -0.325 e. The number of nitrogens with zero attached hydrogens (tertiary/aromatic N) is 1. The van der Waals surface area contributed by atoms with E-state index in [2.05, 4.69) is 39.1 Å². The van der Waals surface area contributed by atoms with Gasteiger partial charge in [-0.3, -0.25) is 4.98 Å². The van der Waals surface area contributed by atoms with Gasteiger partial charge in [-0.25, -0.2) is 0 Å². The average molecular weight is 303 g/mol. The number of pyridine rings is 1. The van der Waals surface area contributed by atoms with Gasteiger partial charge >= 0.3 is 0 Å². The lowest BCUT2D eigenvalue weighted by Gasteiger charge is -2.10. The van der Waals surface area contributed by atoms with Gasteiger partial charge in [-0.2, -0.15) is 0 Å². The Morgan fingerprint density at radius 2 is 1.94 bits per heavy atom. The zero-order chi connectivity index (χ0) is 13.0. The Morgan fingerprint density at radius 3 is 2.50 bits per heavy atom. The van der Waals surface area contributed by atoms with Gasteiger partial charge in [0, 0.05) is 28.5 Å². The normalized spacial score (nSPS) is 13.4. The average Bonchev–Trinajstić information content (AvgIpc) is 2.38. The number of benzene rings is 1. The van der Waals surface area contributed by atoms with Gasteiger partial charge in [0.2, 0.25) is 0 Å². The molecule has 0 aliphatic heterocycles. The van der Waals surface area contributed by atoms with Gasteiger partial charge in [-0.05, 0) is 36.3 Å². The van der Waals surface area contributed by atoms with Crippen molar-refractivity contribution < 1.29 is 0 Å². The maximum Gasteiger partial charge on any atom is 0.0346 e. The van der Waals surface area contributed by atoms with E-state index in [1.807, 2.05) is 37.4 Å². The van der Waals surface area contributed by atoms with Crippen LogP contribution in [-0.4, -0.2) is 11.0 Å². The molecule has 2 aromatic rings. The van der Waals surface area contributed by atoms with Crippen LogP contribution in [0.4, 0.5) is 0 Å². The smallest absolute Gasteiger partial charge is 0.0346 e. The fourth-order valence-electron chi connectivity index (χ4n) is 1.77. The molecule has 92 valence electrons. The number of hydrogen-bond donors (Lipinski definition) is 1. The molecular weight excluding hydrogens is 288 g/mol. The van der Waals surface area contributed by atoms with E-state index in [4.69, 9.17) is 5.73 Å². The molecule has 0 spiro atoms. The van der Waals surface area contributed by atoms with Crippen LogP contribution in [0.1, 0.15) is 18.1 Å². The third-order valence-corrected chi connectivity index (χ3v) is 3.09. The van der Waals surface area contributed by atoms with E-state index in [9.17, 15) is 0 Å². The first-order valence-corrected chi connectivity index (χ1v) is 6.60. The maximum atomic E-state index is 5.89. The number of rotatable bonds is 3. The zero-order valence-corrected chi connectivity index (χ0v) is 11.8. The molecule has 0 radical (unpaired) electrons. The summed E-state index contributed by atoms with van der Waals surface area (Å²) in [4.78, 5) is 4.17. The molecule has 1 heterocycles. The van der Waals surface area contributed by atoms with Crippen molar-refractivity contribution in [2.24, 2.45) is 5.73 Å². The molecule has 0 amide bonds. The van der Waals surface area contributed by atoms with Gasteiger partial charge in [0.25, 0.3) is 0 Å². The molecule has 2 nitrogen and oxygen atoms in total. The molecular formula is C15H15BrN2. The van der Waals surface area contributed by atoms with Crippen LogP contribution in [0.2, 0.25) is 0 Å². The summed E-state index contributed by atoms with van der Waals surface area (Å²) in [6, 6.07) is 12.2. The van der Waals surface area contributed by atoms with E-state index in [-0.39, 0.29) is 6.04 Å². The Hall–Kier alpha value is -1.45. The number of nitrogens with two attached hydrogens (primary N) is 1. The molecule has 2 rings (SSSR count). The first kappa shape index (κ1) is 13.0. The first-order chi connectivity index (χ1) is 8.66. The van der Waals surface area contributed by atoms with Crippen LogP contribution in [0, 0.1) is 0 Å². The molecule has 18 heavy (non-hydrogen) atoms. The Kier molecular flexibility index (Phi) is 4.28. The maximum absolute atomic E-state index is 5.89. The summed E-state index contributed by atoms with van der Waals surface area (Å²) >= 11 is 3.45. The second-order valence-corrected chi connectivity index (χ2v) is 5.10. The van der Waals surface area contributed by atoms with Gasteiger partial charge in [0.05, 0.1) is 0 Å². The van der Waals surface area contributed by atoms with E-state index in [1.165, 1.54) is 0 Å². The number of aromatic nitrogens is 1. The van der Waals surface area contributed by atoms with Crippen LogP contribution in [0.3, 0.4) is 0 Å². The monoisotopic (exact) mass is 302 g/mol. The summed E-state index contributed by atoms with van der Waals surface area (Å²) in [5, 5.41) is 0. The summed E-state index contributed by atoms with van der Waals surface area (Å²) in [5.41, 5.74) is 9.23. The van der Waals surface area contributed by atoms with Crippen molar-refractivity contribution in [1.29, 1.82) is 0 Å². The summed E-state index contributed by atoms with van der Waals surface area (Å²) in [5.74, 6) is 0. The van der Waals surface area contributed by atoms with E-state index in [0.717, 1.165) is 21.2 Å². The fraction of sp³-hybridized carbons (Fsp3) is 0.133. The molecule has 0 fully saturated rings. The van der Waals surface area contributed by atoms with E-state index in [1.54, 1.807) is 6.20 Å². The molecule has 1 unspecified atom stereocenters. The summed E-state index contributed by atoms with van der Waals surface area (Å²) in [6.45, 7) is 1.97. The lowest BCUT2D eigenvalue weighted by atomic mass is 9.97. The SMILES string of the molecule is CC(N)/C=C(/c1ccc(Br)cc1)c1cccnc1. The predicted octanol–water partition coefficient (Wildman–Crippen LogP) is 3.62.